The lowest BCUT2D eigenvalue weighted by Crippen LogP contribution is -2.11. The first-order valence-corrected chi connectivity index (χ1v) is 3.88. The largest absolute Gasteiger partial charge is 0.461 e. The predicted octanol–water partition coefficient (Wildman–Crippen LogP) is 0.00810. The van der Waals surface area contributed by atoms with Gasteiger partial charge in [0.05, 0.1) is 0 Å². The highest BCUT2D eigenvalue weighted by atomic mass is 16.5. The third-order valence-electron chi connectivity index (χ3n) is 1.69. The van der Waals surface area contributed by atoms with Crippen molar-refractivity contribution in [2.75, 3.05) is 0 Å². The molecule has 0 aromatic heterocycles. The predicted molar refractivity (Wildman–Crippen MR) is 50.1 cm³/mol. The molecule has 1 aromatic carbocycles. The normalized spacial score (nSPS) is 9.42. The Labute approximate surface area is 73.0 Å². The first-order chi connectivity index (χ1) is 5.70. The van der Waals surface area contributed by atoms with E-state index in [2.05, 4.69) is 0 Å². The van der Waals surface area contributed by atoms with Crippen molar-refractivity contribution in [3.8, 4) is 0 Å². The summed E-state index contributed by atoms with van der Waals surface area (Å²) in [4.78, 5) is 10.5. The van der Waals surface area contributed by atoms with Gasteiger partial charge < -0.3 is 4.74 Å². The second kappa shape index (κ2) is 3.95. The van der Waals surface area contributed by atoms with Crippen LogP contribution in [0.25, 0.3) is 0 Å². The van der Waals surface area contributed by atoms with E-state index in [0.29, 0.717) is 6.61 Å². The van der Waals surface area contributed by atoms with Gasteiger partial charge >= 0.3 is 5.97 Å². The quantitative estimate of drug-likeness (QED) is 0.452. The fourth-order valence-electron chi connectivity index (χ4n) is 0.951. The lowest BCUT2D eigenvalue weighted by Gasteiger charge is -2.04. The van der Waals surface area contributed by atoms with Crippen LogP contribution >= 0.6 is 0 Å². The second-order valence-electron chi connectivity index (χ2n) is 2.71. The molecule has 0 bridgehead atoms. The Morgan fingerprint density at radius 2 is 2.17 bits per heavy atom. The van der Waals surface area contributed by atoms with Crippen LogP contribution in [0.2, 0.25) is 0 Å². The Kier molecular flexibility index (Phi) is 2.91. The number of hydrogen-bond donors (Lipinski definition) is 0. The van der Waals surface area contributed by atoms with Crippen molar-refractivity contribution < 1.29 is 9.53 Å². The molecule has 0 aliphatic carbocycles. The zero-order valence-electron chi connectivity index (χ0n) is 7.33. The summed E-state index contributed by atoms with van der Waals surface area (Å²) in [5.74, 6) is -0.238. The average molecular weight is 162 g/mol. The van der Waals surface area contributed by atoms with Crippen LogP contribution in [0, 0.1) is 0 Å². The van der Waals surface area contributed by atoms with E-state index in [9.17, 15) is 4.79 Å². The zero-order chi connectivity index (χ0) is 8.97. The molecule has 0 radical (unpaired) electrons. The smallest absolute Gasteiger partial charge is 0.302 e. The summed E-state index contributed by atoms with van der Waals surface area (Å²) >= 11 is 0. The number of benzene rings is 1. The molecule has 2 nitrogen and oxygen atoms in total. The van der Waals surface area contributed by atoms with E-state index in [1.165, 1.54) is 6.92 Å². The fraction of sp³-hybridized carbons (Fsp3) is 0.222. The first kappa shape index (κ1) is 8.85. The number of ether oxygens (including phenoxy) is 1. The minimum absolute atomic E-state index is 0.238. The van der Waals surface area contributed by atoms with Crippen LogP contribution in [-0.2, 0) is 16.1 Å². The van der Waals surface area contributed by atoms with Gasteiger partial charge in [0.15, 0.2) is 0 Å². The van der Waals surface area contributed by atoms with Gasteiger partial charge in [-0.2, -0.15) is 0 Å². The van der Waals surface area contributed by atoms with Crippen molar-refractivity contribution >= 4 is 19.3 Å². The third kappa shape index (κ3) is 2.42. The Morgan fingerprint density at radius 1 is 1.50 bits per heavy atom. The molecule has 0 aliphatic rings. The number of carbonyl (C=O) groups excluding carboxylic acids is 1. The van der Waals surface area contributed by atoms with Crippen LogP contribution in [0.15, 0.2) is 24.3 Å². The van der Waals surface area contributed by atoms with E-state index >= 15 is 0 Å². The van der Waals surface area contributed by atoms with Crippen LogP contribution in [0.4, 0.5) is 0 Å². The molecule has 0 unspecified atom stereocenters. The van der Waals surface area contributed by atoms with Gasteiger partial charge in [-0.3, -0.25) is 4.79 Å². The molecule has 0 amide bonds. The molecule has 62 valence electrons. The first-order valence-electron chi connectivity index (χ1n) is 3.88. The molecule has 1 aromatic rings. The molecule has 0 aliphatic heterocycles. The Bertz CT molecular complexity index is 284. The molecular formula is C9H11BO2. The molecule has 0 saturated heterocycles. The van der Waals surface area contributed by atoms with Gasteiger partial charge in [-0.05, 0) is 5.56 Å². The van der Waals surface area contributed by atoms with Gasteiger partial charge in [0.25, 0.3) is 0 Å². The summed E-state index contributed by atoms with van der Waals surface area (Å²) in [5, 5.41) is 0. The Hall–Kier alpha value is -1.25. The van der Waals surface area contributed by atoms with E-state index in [1.807, 2.05) is 32.1 Å². The Morgan fingerprint density at radius 3 is 2.75 bits per heavy atom. The molecule has 0 saturated carbocycles. The molecule has 0 spiro atoms. The number of hydrogen-bond acceptors (Lipinski definition) is 2. The monoisotopic (exact) mass is 162 g/mol. The summed E-state index contributed by atoms with van der Waals surface area (Å²) in [6, 6.07) is 7.86. The minimum Gasteiger partial charge on any atom is -0.461 e. The lowest BCUT2D eigenvalue weighted by atomic mass is 9.91. The standard InChI is InChI=1S/C9H11BO2/c1-7(11)12-6-8-4-2-3-5-9(8)10/h2-5H,6,10H2,1H3. The molecule has 3 heteroatoms. The van der Waals surface area contributed by atoms with Gasteiger partial charge in [0.1, 0.15) is 14.5 Å². The van der Waals surface area contributed by atoms with E-state index in [4.69, 9.17) is 4.74 Å². The van der Waals surface area contributed by atoms with Gasteiger partial charge in [0.2, 0.25) is 0 Å². The van der Waals surface area contributed by atoms with Crippen LogP contribution in [0.3, 0.4) is 0 Å². The number of carbonyl (C=O) groups is 1. The van der Waals surface area contributed by atoms with Gasteiger partial charge in [0, 0.05) is 6.92 Å². The van der Waals surface area contributed by atoms with Crippen LogP contribution in [0.5, 0.6) is 0 Å². The minimum atomic E-state index is -0.238. The number of rotatable bonds is 2. The lowest BCUT2D eigenvalue weighted by molar-refractivity contribution is -0.142. The van der Waals surface area contributed by atoms with Crippen molar-refractivity contribution in [2.45, 2.75) is 13.5 Å². The Balaban J connectivity index is 2.63. The molecule has 0 atom stereocenters. The third-order valence-corrected chi connectivity index (χ3v) is 1.69. The summed E-state index contributed by atoms with van der Waals surface area (Å²) in [6.45, 7) is 1.79. The number of esters is 1. The average Bonchev–Trinajstić information content (AvgIpc) is 2.03. The maximum Gasteiger partial charge on any atom is 0.302 e. The SMILES string of the molecule is Bc1ccccc1COC(C)=O. The second-order valence-corrected chi connectivity index (χ2v) is 2.71. The van der Waals surface area contributed by atoms with Crippen molar-refractivity contribution in [2.24, 2.45) is 0 Å². The van der Waals surface area contributed by atoms with E-state index in [-0.39, 0.29) is 5.97 Å². The van der Waals surface area contributed by atoms with E-state index < -0.39 is 0 Å². The van der Waals surface area contributed by atoms with Crippen molar-refractivity contribution in [1.82, 2.24) is 0 Å². The van der Waals surface area contributed by atoms with Crippen LogP contribution in [0.1, 0.15) is 12.5 Å². The zero-order valence-corrected chi connectivity index (χ0v) is 7.33. The van der Waals surface area contributed by atoms with E-state index in [0.717, 1.165) is 11.0 Å². The highest BCUT2D eigenvalue weighted by Gasteiger charge is 1.97. The van der Waals surface area contributed by atoms with Crippen molar-refractivity contribution in [3.63, 3.8) is 0 Å². The van der Waals surface area contributed by atoms with Gasteiger partial charge in [-0.1, -0.05) is 29.7 Å². The van der Waals surface area contributed by atoms with Crippen LogP contribution < -0.4 is 5.46 Å². The summed E-state index contributed by atoms with van der Waals surface area (Å²) < 4.78 is 4.87. The fourth-order valence-corrected chi connectivity index (χ4v) is 0.951. The maximum atomic E-state index is 10.5. The topological polar surface area (TPSA) is 26.3 Å². The molecule has 1 rings (SSSR count). The van der Waals surface area contributed by atoms with Gasteiger partial charge in [-0.15, -0.1) is 0 Å². The van der Waals surface area contributed by atoms with Crippen LogP contribution in [-0.4, -0.2) is 13.8 Å². The highest BCUT2D eigenvalue weighted by Crippen LogP contribution is 1.96. The maximum absolute atomic E-state index is 10.5. The molecule has 0 fully saturated rings. The van der Waals surface area contributed by atoms with E-state index in [1.54, 1.807) is 0 Å². The van der Waals surface area contributed by atoms with Gasteiger partial charge in [-0.25, -0.2) is 0 Å². The molecule has 0 heterocycles. The summed E-state index contributed by atoms with van der Waals surface area (Å²) in [6.07, 6.45) is 0. The highest BCUT2D eigenvalue weighted by molar-refractivity contribution is 6.33. The van der Waals surface area contributed by atoms with Crippen molar-refractivity contribution in [3.05, 3.63) is 29.8 Å². The molecular weight excluding hydrogens is 151 g/mol. The molecule has 12 heavy (non-hydrogen) atoms. The van der Waals surface area contributed by atoms with Crippen molar-refractivity contribution in [1.29, 1.82) is 0 Å². The summed E-state index contributed by atoms with van der Waals surface area (Å²) in [5.41, 5.74) is 2.21. The summed E-state index contributed by atoms with van der Waals surface area (Å²) in [7, 11) is 2.00. The molecule has 0 N–H and O–H groups in total.